The molecular weight excluding hydrogens is 481 g/mol. The maximum absolute atomic E-state index is 16.6. The monoisotopic (exact) mass is 519 g/mol. The number of ether oxygens (including phenoxy) is 2. The molecule has 1 atom stereocenters. The molecule has 2 aliphatic heterocycles. The van der Waals surface area contributed by atoms with Crippen molar-refractivity contribution in [3.05, 3.63) is 65.9 Å². The van der Waals surface area contributed by atoms with Crippen molar-refractivity contribution in [2.24, 2.45) is 0 Å². The van der Waals surface area contributed by atoms with E-state index in [2.05, 4.69) is 47.1 Å². The van der Waals surface area contributed by atoms with Crippen molar-refractivity contribution < 1.29 is 18.7 Å². The minimum atomic E-state index is -1.53. The van der Waals surface area contributed by atoms with E-state index in [-0.39, 0.29) is 18.7 Å². The lowest BCUT2D eigenvalue weighted by Crippen LogP contribution is -2.48. The van der Waals surface area contributed by atoms with E-state index < -0.39 is 11.8 Å². The number of hydrogen-bond acceptors (Lipinski definition) is 5. The van der Waals surface area contributed by atoms with E-state index in [1.807, 2.05) is 31.3 Å². The van der Waals surface area contributed by atoms with Crippen LogP contribution in [-0.2, 0) is 14.3 Å². The molecule has 38 heavy (non-hydrogen) atoms. The van der Waals surface area contributed by atoms with Crippen molar-refractivity contribution in [2.45, 2.75) is 44.9 Å². The molecule has 3 aromatic rings. The lowest BCUT2D eigenvalue weighted by atomic mass is 9.83. The molecule has 0 aliphatic carbocycles. The molecule has 1 unspecified atom stereocenters. The van der Waals surface area contributed by atoms with Gasteiger partial charge in [0.15, 0.2) is 0 Å². The summed E-state index contributed by atoms with van der Waals surface area (Å²) in [4.78, 5) is 20.8. The third-order valence-electron chi connectivity index (χ3n) is 8.07. The van der Waals surface area contributed by atoms with E-state index in [1.165, 1.54) is 0 Å². The van der Waals surface area contributed by atoms with Crippen molar-refractivity contribution in [3.8, 4) is 11.1 Å². The van der Waals surface area contributed by atoms with E-state index in [0.29, 0.717) is 26.1 Å². The summed E-state index contributed by atoms with van der Waals surface area (Å²) in [7, 11) is 0. The highest BCUT2D eigenvalue weighted by atomic mass is 19.1. The van der Waals surface area contributed by atoms with Gasteiger partial charge in [0.05, 0.1) is 25.3 Å². The van der Waals surface area contributed by atoms with E-state index in [0.717, 1.165) is 66.0 Å². The Bertz CT molecular complexity index is 1230. The molecule has 0 spiro atoms. The predicted molar refractivity (Wildman–Crippen MR) is 148 cm³/mol. The largest absolute Gasteiger partial charge is 0.379 e. The number of aryl methyl sites for hydroxylation is 1. The van der Waals surface area contributed by atoms with Gasteiger partial charge in [-0.25, -0.2) is 4.39 Å². The minimum Gasteiger partial charge on any atom is -0.379 e. The second-order valence-corrected chi connectivity index (χ2v) is 10.4. The van der Waals surface area contributed by atoms with Crippen LogP contribution in [0.1, 0.15) is 43.4 Å². The van der Waals surface area contributed by atoms with Crippen LogP contribution in [0.5, 0.6) is 0 Å². The maximum atomic E-state index is 16.6. The summed E-state index contributed by atoms with van der Waals surface area (Å²) in [5.74, 6) is 0.0847. The van der Waals surface area contributed by atoms with Crippen molar-refractivity contribution in [1.82, 2.24) is 14.8 Å². The molecule has 2 aliphatic rings. The second kappa shape index (κ2) is 11.9. The average molecular weight is 520 g/mol. The number of aromatic nitrogens is 1. The highest BCUT2D eigenvalue weighted by molar-refractivity contribution is 5.88. The highest BCUT2D eigenvalue weighted by Gasteiger charge is 2.44. The van der Waals surface area contributed by atoms with Crippen molar-refractivity contribution in [2.75, 3.05) is 52.5 Å². The summed E-state index contributed by atoms with van der Waals surface area (Å²) < 4.78 is 28.4. The van der Waals surface area contributed by atoms with Crippen LogP contribution in [-0.4, -0.2) is 78.9 Å². The number of halogens is 1. The molecule has 1 aromatic heterocycles. The number of rotatable bonds is 8. The number of likely N-dealkylation sites (tertiary alicyclic amines) is 1. The van der Waals surface area contributed by atoms with E-state index in [4.69, 9.17) is 9.47 Å². The van der Waals surface area contributed by atoms with Crippen molar-refractivity contribution in [3.63, 3.8) is 0 Å². The lowest BCUT2D eigenvalue weighted by molar-refractivity contribution is -0.138. The van der Waals surface area contributed by atoms with Crippen LogP contribution in [0.15, 0.2) is 54.7 Å². The topological polar surface area (TPSA) is 54.9 Å². The molecular formula is C31H38FN3O3. The predicted octanol–water partition coefficient (Wildman–Crippen LogP) is 5.34. The molecule has 0 radical (unpaired) electrons. The van der Waals surface area contributed by atoms with Gasteiger partial charge in [0.1, 0.15) is 11.8 Å². The summed E-state index contributed by atoms with van der Waals surface area (Å²) in [5.41, 5.74) is 3.62. The number of piperidine rings is 1. The fourth-order valence-electron chi connectivity index (χ4n) is 5.72. The standard InChI is InChI=1S/C31H38FN3O3/c1-3-28(36)35-15-12-31(32,13-16-35)30(38-22-19-34-17-20-37-21-18-34)26-8-6-24(7-9-26)27-11-10-25-5-4-14-33-29(25)23(27)2/h4-11,14,30H,3,12-13,15-22H2,1-2H3. The number of pyridine rings is 1. The van der Waals surface area contributed by atoms with E-state index in [1.54, 1.807) is 4.90 Å². The van der Waals surface area contributed by atoms with Crippen LogP contribution in [0, 0.1) is 6.92 Å². The Kier molecular flexibility index (Phi) is 8.36. The molecule has 7 heteroatoms. The molecule has 2 saturated heterocycles. The van der Waals surface area contributed by atoms with Gasteiger partial charge in [-0.05, 0) is 35.2 Å². The zero-order valence-electron chi connectivity index (χ0n) is 22.5. The van der Waals surface area contributed by atoms with Gasteiger partial charge in [0.25, 0.3) is 0 Å². The number of alkyl halides is 1. The Morgan fingerprint density at radius 2 is 1.82 bits per heavy atom. The number of carbonyl (C=O) groups excluding carboxylic acids is 1. The number of benzene rings is 2. The third-order valence-corrected chi connectivity index (χ3v) is 8.07. The van der Waals surface area contributed by atoms with Crippen LogP contribution >= 0.6 is 0 Å². The number of hydrogen-bond donors (Lipinski definition) is 0. The Labute approximate surface area is 224 Å². The Morgan fingerprint density at radius 1 is 1.08 bits per heavy atom. The Morgan fingerprint density at radius 3 is 2.53 bits per heavy atom. The zero-order chi connectivity index (χ0) is 26.5. The van der Waals surface area contributed by atoms with Crippen molar-refractivity contribution in [1.29, 1.82) is 0 Å². The first-order chi connectivity index (χ1) is 18.5. The molecule has 0 saturated carbocycles. The van der Waals surface area contributed by atoms with Gasteiger partial charge in [0.2, 0.25) is 5.91 Å². The molecule has 1 amide bonds. The summed E-state index contributed by atoms with van der Waals surface area (Å²) in [6.45, 7) is 9.19. The van der Waals surface area contributed by atoms with Crippen LogP contribution < -0.4 is 0 Å². The third kappa shape index (κ3) is 5.75. The van der Waals surface area contributed by atoms with Crippen LogP contribution in [0.2, 0.25) is 0 Å². The number of carbonyl (C=O) groups is 1. The number of morpholine rings is 1. The molecule has 5 rings (SSSR count). The van der Waals surface area contributed by atoms with Crippen LogP contribution in [0.4, 0.5) is 4.39 Å². The first-order valence-electron chi connectivity index (χ1n) is 13.8. The van der Waals surface area contributed by atoms with Gasteiger partial charge >= 0.3 is 0 Å². The first-order valence-corrected chi connectivity index (χ1v) is 13.8. The zero-order valence-corrected chi connectivity index (χ0v) is 22.5. The number of nitrogens with zero attached hydrogens (tertiary/aromatic N) is 3. The lowest BCUT2D eigenvalue weighted by Gasteiger charge is -2.41. The fraction of sp³-hybridized carbons (Fsp3) is 0.484. The van der Waals surface area contributed by atoms with E-state index in [9.17, 15) is 4.79 Å². The summed E-state index contributed by atoms with van der Waals surface area (Å²) in [6, 6.07) is 16.4. The van der Waals surface area contributed by atoms with Gasteiger partial charge in [-0.1, -0.05) is 49.4 Å². The summed E-state index contributed by atoms with van der Waals surface area (Å²) in [6.07, 6.45) is 2.14. The van der Waals surface area contributed by atoms with Gasteiger partial charge < -0.3 is 14.4 Å². The average Bonchev–Trinajstić information content (AvgIpc) is 2.96. The van der Waals surface area contributed by atoms with Crippen LogP contribution in [0.25, 0.3) is 22.0 Å². The SMILES string of the molecule is CCC(=O)N1CCC(F)(C(OCCN2CCOCC2)c2ccc(-c3ccc4cccnc4c3C)cc2)CC1. The smallest absolute Gasteiger partial charge is 0.222 e. The van der Waals surface area contributed by atoms with Gasteiger partial charge in [-0.2, -0.15) is 0 Å². The highest BCUT2D eigenvalue weighted by Crippen LogP contribution is 2.42. The molecule has 0 bridgehead atoms. The minimum absolute atomic E-state index is 0.0847. The number of fused-ring (bicyclic) bond motifs is 1. The van der Waals surface area contributed by atoms with E-state index >= 15 is 4.39 Å². The first kappa shape index (κ1) is 26.7. The Balaban J connectivity index is 1.37. The molecule has 3 heterocycles. The van der Waals surface area contributed by atoms with Crippen molar-refractivity contribution >= 4 is 16.8 Å². The van der Waals surface area contributed by atoms with Gasteiger partial charge in [0, 0.05) is 63.6 Å². The molecule has 202 valence electrons. The quantitative estimate of drug-likeness (QED) is 0.402. The number of amides is 1. The molecule has 2 aromatic carbocycles. The molecule has 2 fully saturated rings. The van der Waals surface area contributed by atoms with Gasteiger partial charge in [-0.3, -0.25) is 14.7 Å². The summed E-state index contributed by atoms with van der Waals surface area (Å²) >= 11 is 0. The van der Waals surface area contributed by atoms with Crippen LogP contribution in [0.3, 0.4) is 0 Å². The second-order valence-electron chi connectivity index (χ2n) is 10.4. The fourth-order valence-corrected chi connectivity index (χ4v) is 5.72. The summed E-state index contributed by atoms with van der Waals surface area (Å²) in [5, 5.41) is 1.12. The normalized spacial score (nSPS) is 19.0. The molecule has 6 nitrogen and oxygen atoms in total. The van der Waals surface area contributed by atoms with Gasteiger partial charge in [-0.15, -0.1) is 0 Å². The maximum Gasteiger partial charge on any atom is 0.222 e. The Hall–Kier alpha value is -2.87. The molecule has 0 N–H and O–H groups in total.